The number of carbonyl (C=O) groups is 2. The maximum atomic E-state index is 13.3. The molecule has 5 rings (SSSR count). The minimum atomic E-state index is -1.45. The average molecular weight is 290 g/mol. The van der Waals surface area contributed by atoms with Crippen molar-refractivity contribution >= 4 is 11.6 Å². The van der Waals surface area contributed by atoms with Gasteiger partial charge in [0.2, 0.25) is 0 Å². The number of hydrogen-bond donors (Lipinski definition) is 0. The van der Waals surface area contributed by atoms with Crippen LogP contribution in [0, 0.1) is 69.0 Å². The Bertz CT molecular complexity index is 720. The maximum absolute atomic E-state index is 13.3. The molecule has 22 heavy (non-hydrogen) atoms. The number of rotatable bonds is 0. The minimum Gasteiger partial charge on any atom is -0.297 e. The SMILES string of the molecule is N#C[C@]12C(=O)[C@H]3[C@H](C(=O)[C@]1(C#N)[C@H]1C=C[C@H]2C1)[C@H]1C=C[C@H]3C1. The maximum Gasteiger partial charge on any atom is 0.160 e. The van der Waals surface area contributed by atoms with Crippen LogP contribution in [0.1, 0.15) is 12.8 Å². The molecule has 4 heteroatoms. The van der Waals surface area contributed by atoms with Gasteiger partial charge in [0.15, 0.2) is 11.6 Å². The van der Waals surface area contributed by atoms with E-state index in [1.165, 1.54) is 0 Å². The van der Waals surface area contributed by atoms with Crippen molar-refractivity contribution in [3.05, 3.63) is 24.3 Å². The zero-order chi connectivity index (χ0) is 15.3. The molecule has 3 fully saturated rings. The van der Waals surface area contributed by atoms with E-state index in [4.69, 9.17) is 0 Å². The molecule has 0 aliphatic heterocycles. The van der Waals surface area contributed by atoms with E-state index in [0.29, 0.717) is 6.42 Å². The van der Waals surface area contributed by atoms with E-state index in [1.807, 2.05) is 24.3 Å². The second-order valence-electron chi connectivity index (χ2n) is 7.40. The third kappa shape index (κ3) is 0.898. The fraction of sp³-hybridized carbons (Fsp3) is 0.556. The molecule has 0 amide bonds. The molecule has 5 aliphatic carbocycles. The average Bonchev–Trinajstić information content (AvgIpc) is 3.29. The van der Waals surface area contributed by atoms with E-state index >= 15 is 0 Å². The van der Waals surface area contributed by atoms with Gasteiger partial charge in [0.1, 0.15) is 10.8 Å². The van der Waals surface area contributed by atoms with Gasteiger partial charge in [-0.25, -0.2) is 0 Å². The zero-order valence-corrected chi connectivity index (χ0v) is 11.9. The summed E-state index contributed by atoms with van der Waals surface area (Å²) in [5.74, 6) is -1.41. The van der Waals surface area contributed by atoms with Crippen LogP contribution in [0.4, 0.5) is 0 Å². The lowest BCUT2D eigenvalue weighted by Gasteiger charge is -2.49. The van der Waals surface area contributed by atoms with Gasteiger partial charge in [0.25, 0.3) is 0 Å². The summed E-state index contributed by atoms with van der Waals surface area (Å²) >= 11 is 0. The lowest BCUT2D eigenvalue weighted by atomic mass is 9.46. The molecule has 0 heterocycles. The fourth-order valence-electron chi connectivity index (χ4n) is 6.20. The molecule has 0 spiro atoms. The third-order valence-electron chi connectivity index (χ3n) is 7.01. The number of fused-ring (bicyclic) bond motifs is 10. The van der Waals surface area contributed by atoms with Crippen LogP contribution >= 0.6 is 0 Å². The third-order valence-corrected chi connectivity index (χ3v) is 7.01. The van der Waals surface area contributed by atoms with Crippen molar-refractivity contribution in [2.24, 2.45) is 46.3 Å². The van der Waals surface area contributed by atoms with Crippen LogP contribution in [0.2, 0.25) is 0 Å². The van der Waals surface area contributed by atoms with Gasteiger partial charge in [-0.2, -0.15) is 10.5 Å². The van der Waals surface area contributed by atoms with Crippen LogP contribution in [0.3, 0.4) is 0 Å². The molecule has 8 atom stereocenters. The highest BCUT2D eigenvalue weighted by molar-refractivity contribution is 6.10. The number of allylic oxidation sites excluding steroid dienone is 4. The Morgan fingerprint density at radius 2 is 1.27 bits per heavy atom. The largest absolute Gasteiger partial charge is 0.297 e. The molecule has 0 saturated heterocycles. The Morgan fingerprint density at radius 1 is 0.818 bits per heavy atom. The van der Waals surface area contributed by atoms with Gasteiger partial charge in [0, 0.05) is 23.7 Å². The summed E-state index contributed by atoms with van der Waals surface area (Å²) in [6.07, 6.45) is 9.24. The van der Waals surface area contributed by atoms with E-state index in [2.05, 4.69) is 12.1 Å². The molecule has 0 aromatic carbocycles. The number of hydrogen-bond acceptors (Lipinski definition) is 4. The van der Waals surface area contributed by atoms with Gasteiger partial charge < -0.3 is 0 Å². The molecular weight excluding hydrogens is 276 g/mol. The number of nitrogens with zero attached hydrogens (tertiary/aromatic N) is 2. The second-order valence-corrected chi connectivity index (χ2v) is 7.40. The molecule has 4 nitrogen and oxygen atoms in total. The second kappa shape index (κ2) is 3.41. The number of nitriles is 2. The standard InChI is InChI=1S/C18H14N2O2/c19-7-17-11-3-4-12(6-11)18(17,8-20)16(22)14-10-2-1-9(5-10)13(14)15(17)21/h1-4,9-14H,5-6H2/t9-,10-,11-,12-,13+,14+,17-,18-/m0/s1. The van der Waals surface area contributed by atoms with Crippen LogP contribution < -0.4 is 0 Å². The van der Waals surface area contributed by atoms with Gasteiger partial charge in [-0.05, 0) is 24.7 Å². The first-order chi connectivity index (χ1) is 10.6. The molecule has 0 unspecified atom stereocenters. The van der Waals surface area contributed by atoms with Crippen LogP contribution in [0.5, 0.6) is 0 Å². The zero-order valence-electron chi connectivity index (χ0n) is 11.9. The molecule has 0 aromatic rings. The summed E-state index contributed by atoms with van der Waals surface area (Å²) in [7, 11) is 0. The first kappa shape index (κ1) is 12.4. The minimum absolute atomic E-state index is 0.0801. The van der Waals surface area contributed by atoms with E-state index < -0.39 is 10.8 Å². The smallest absolute Gasteiger partial charge is 0.160 e. The van der Waals surface area contributed by atoms with Gasteiger partial charge in [0.05, 0.1) is 12.1 Å². The molecule has 4 bridgehead atoms. The number of Topliss-reactive ketones (excluding diaryl/α,β-unsaturated/α-hetero) is 2. The van der Waals surface area contributed by atoms with E-state index in [9.17, 15) is 20.1 Å². The van der Waals surface area contributed by atoms with Gasteiger partial charge in [-0.15, -0.1) is 0 Å². The van der Waals surface area contributed by atoms with E-state index in [0.717, 1.165) is 6.42 Å². The summed E-state index contributed by atoms with van der Waals surface area (Å²) in [4.78, 5) is 26.7. The van der Waals surface area contributed by atoms with Gasteiger partial charge in [-0.1, -0.05) is 24.3 Å². The van der Waals surface area contributed by atoms with Crippen molar-refractivity contribution in [1.29, 1.82) is 10.5 Å². The molecule has 0 N–H and O–H groups in total. The quantitative estimate of drug-likeness (QED) is 0.637. The number of carbonyl (C=O) groups excluding carboxylic acids is 2. The summed E-state index contributed by atoms with van der Waals surface area (Å²) < 4.78 is 0. The monoisotopic (exact) mass is 290 g/mol. The Kier molecular flexibility index (Phi) is 1.91. The predicted octanol–water partition coefficient (Wildman–Crippen LogP) is 1.80. The molecular formula is C18H14N2O2. The topological polar surface area (TPSA) is 81.7 Å². The van der Waals surface area contributed by atoms with Crippen molar-refractivity contribution in [3.8, 4) is 12.1 Å². The summed E-state index contributed by atoms with van der Waals surface area (Å²) in [6, 6.07) is 4.37. The van der Waals surface area contributed by atoms with E-state index in [-0.39, 0.29) is 47.1 Å². The lowest BCUT2D eigenvalue weighted by Crippen LogP contribution is -2.63. The van der Waals surface area contributed by atoms with Crippen molar-refractivity contribution in [2.45, 2.75) is 12.8 Å². The normalized spacial score (nSPS) is 55.9. The highest BCUT2D eigenvalue weighted by atomic mass is 16.1. The summed E-state index contributed by atoms with van der Waals surface area (Å²) in [6.45, 7) is 0. The van der Waals surface area contributed by atoms with Crippen molar-refractivity contribution in [2.75, 3.05) is 0 Å². The Hall–Kier alpha value is -2.20. The van der Waals surface area contributed by atoms with Crippen LogP contribution in [-0.2, 0) is 9.59 Å². The van der Waals surface area contributed by atoms with Crippen molar-refractivity contribution < 1.29 is 9.59 Å². The number of ketones is 2. The van der Waals surface area contributed by atoms with Crippen LogP contribution in [0.15, 0.2) is 24.3 Å². The molecule has 3 saturated carbocycles. The van der Waals surface area contributed by atoms with Gasteiger partial charge in [-0.3, -0.25) is 9.59 Å². The highest BCUT2D eigenvalue weighted by Gasteiger charge is 2.80. The Balaban J connectivity index is 1.82. The first-order valence-electron chi connectivity index (χ1n) is 7.89. The highest BCUT2D eigenvalue weighted by Crippen LogP contribution is 2.71. The lowest BCUT2D eigenvalue weighted by molar-refractivity contribution is -0.158. The molecule has 0 radical (unpaired) electrons. The fourth-order valence-corrected chi connectivity index (χ4v) is 6.20. The molecule has 5 aliphatic rings. The van der Waals surface area contributed by atoms with Crippen LogP contribution in [-0.4, -0.2) is 11.6 Å². The predicted molar refractivity (Wildman–Crippen MR) is 74.6 cm³/mol. The summed E-state index contributed by atoms with van der Waals surface area (Å²) in [5.41, 5.74) is -2.89. The van der Waals surface area contributed by atoms with Crippen LogP contribution in [0.25, 0.3) is 0 Å². The van der Waals surface area contributed by atoms with E-state index in [1.54, 1.807) is 0 Å². The first-order valence-corrected chi connectivity index (χ1v) is 7.89. The summed E-state index contributed by atoms with van der Waals surface area (Å²) in [5, 5.41) is 19.8. The Morgan fingerprint density at radius 3 is 1.68 bits per heavy atom. The molecule has 108 valence electrons. The molecule has 0 aromatic heterocycles. The van der Waals surface area contributed by atoms with Crippen molar-refractivity contribution in [3.63, 3.8) is 0 Å². The van der Waals surface area contributed by atoms with Crippen molar-refractivity contribution in [1.82, 2.24) is 0 Å². The Labute approximate surface area is 128 Å². The van der Waals surface area contributed by atoms with Gasteiger partial charge >= 0.3 is 0 Å².